The molecule has 0 saturated heterocycles. The zero-order valence-corrected chi connectivity index (χ0v) is 54.8. The van der Waals surface area contributed by atoms with Gasteiger partial charge in [-0.25, -0.2) is 0 Å². The molecular formula is C83H77BN4S. The summed E-state index contributed by atoms with van der Waals surface area (Å²) in [5.74, 6) is 0. The molecule has 2 aromatic heterocycles. The number of thiophene rings is 1. The average molecular weight is 1170 g/mol. The lowest BCUT2D eigenvalue weighted by molar-refractivity contribution is 0.589. The van der Waals surface area contributed by atoms with Gasteiger partial charge in [0.2, 0.25) is 0 Å². The van der Waals surface area contributed by atoms with Crippen molar-refractivity contribution >= 4 is 128 Å². The van der Waals surface area contributed by atoms with Gasteiger partial charge in [0.15, 0.2) is 0 Å². The number of fused-ring (bicyclic) bond motifs is 10. The van der Waals surface area contributed by atoms with Gasteiger partial charge >= 0.3 is 0 Å². The van der Waals surface area contributed by atoms with Crippen molar-refractivity contribution in [3.8, 4) is 16.8 Å². The normalized spacial score (nSPS) is 13.2. The fourth-order valence-electron chi connectivity index (χ4n) is 14.9. The maximum atomic E-state index is 2.65. The van der Waals surface area contributed by atoms with E-state index in [0.29, 0.717) is 0 Å². The summed E-state index contributed by atoms with van der Waals surface area (Å²) in [4.78, 5) is 7.82. The topological polar surface area (TPSA) is 14.7 Å². The molecule has 0 aliphatic carbocycles. The summed E-state index contributed by atoms with van der Waals surface area (Å²) in [6.07, 6.45) is 0. The summed E-state index contributed by atoms with van der Waals surface area (Å²) in [6, 6.07) is 81.5. The van der Waals surface area contributed by atoms with Crippen LogP contribution < -0.4 is 31.1 Å². The first-order valence-corrected chi connectivity index (χ1v) is 32.6. The minimum absolute atomic E-state index is 0.0169. The molecule has 6 heteroatoms. The van der Waals surface area contributed by atoms with Crippen LogP contribution in [0.2, 0.25) is 0 Å². The number of rotatable bonds is 7. The molecule has 11 aromatic carbocycles. The fourth-order valence-corrected chi connectivity index (χ4v) is 16.1. The Morgan fingerprint density at radius 3 is 1.64 bits per heavy atom. The van der Waals surface area contributed by atoms with Crippen LogP contribution in [0.1, 0.15) is 107 Å². The van der Waals surface area contributed by atoms with Crippen LogP contribution in [0.4, 0.5) is 51.2 Å². The molecule has 0 radical (unpaired) electrons. The van der Waals surface area contributed by atoms with E-state index < -0.39 is 0 Å². The first-order chi connectivity index (χ1) is 42.6. The lowest BCUT2D eigenvalue weighted by Crippen LogP contribution is -2.61. The van der Waals surface area contributed by atoms with Gasteiger partial charge in [-0.1, -0.05) is 184 Å². The molecule has 0 saturated carbocycles. The first-order valence-electron chi connectivity index (χ1n) is 31.8. The van der Waals surface area contributed by atoms with Crippen molar-refractivity contribution in [3.63, 3.8) is 0 Å². The molecule has 2 aliphatic rings. The van der Waals surface area contributed by atoms with Crippen LogP contribution in [0.3, 0.4) is 0 Å². The van der Waals surface area contributed by atoms with Crippen LogP contribution in [-0.4, -0.2) is 11.3 Å². The quantitative estimate of drug-likeness (QED) is 0.148. The smallest absolute Gasteiger partial charge is 0.252 e. The van der Waals surface area contributed by atoms with Gasteiger partial charge in [0.25, 0.3) is 6.71 Å². The highest BCUT2D eigenvalue weighted by Crippen LogP contribution is 2.51. The highest BCUT2D eigenvalue weighted by molar-refractivity contribution is 7.26. The Labute approximate surface area is 530 Å². The van der Waals surface area contributed by atoms with Crippen molar-refractivity contribution in [1.82, 2.24) is 4.57 Å². The molecule has 4 heterocycles. The van der Waals surface area contributed by atoms with Crippen LogP contribution in [0.25, 0.3) is 58.8 Å². The average Bonchev–Trinajstić information content (AvgIpc) is 1.44. The molecule has 0 bridgehead atoms. The molecule has 0 amide bonds. The molecule has 0 spiro atoms. The van der Waals surface area contributed by atoms with E-state index in [1.165, 1.54) is 148 Å². The van der Waals surface area contributed by atoms with E-state index in [4.69, 9.17) is 0 Å². The summed E-state index contributed by atoms with van der Waals surface area (Å²) in [6.45, 7) is 32.5. The third-order valence-electron chi connectivity index (χ3n) is 19.3. The Hall–Kier alpha value is -9.10. The third kappa shape index (κ3) is 9.14. The molecule has 438 valence electrons. The molecule has 0 N–H and O–H groups in total. The predicted molar refractivity (Wildman–Crippen MR) is 388 cm³/mol. The van der Waals surface area contributed by atoms with Crippen LogP contribution >= 0.6 is 11.3 Å². The van der Waals surface area contributed by atoms with Gasteiger partial charge in [-0.3, -0.25) is 0 Å². The van der Waals surface area contributed by atoms with Crippen molar-refractivity contribution < 1.29 is 0 Å². The van der Waals surface area contributed by atoms with E-state index >= 15 is 0 Å². The summed E-state index contributed by atoms with van der Waals surface area (Å²) in [7, 11) is 0. The van der Waals surface area contributed by atoms with Gasteiger partial charge in [-0.05, 0) is 214 Å². The second-order valence-electron chi connectivity index (χ2n) is 28.6. The molecule has 0 unspecified atom stereocenters. The van der Waals surface area contributed by atoms with Crippen LogP contribution in [0.5, 0.6) is 0 Å². The van der Waals surface area contributed by atoms with Crippen LogP contribution in [-0.2, 0) is 16.2 Å². The highest BCUT2D eigenvalue weighted by Gasteiger charge is 2.45. The van der Waals surface area contributed by atoms with Gasteiger partial charge in [-0.15, -0.1) is 11.3 Å². The molecule has 0 fully saturated rings. The molecule has 15 rings (SSSR count). The number of para-hydroxylation sites is 2. The molecule has 0 atom stereocenters. The van der Waals surface area contributed by atoms with E-state index in [1.54, 1.807) is 0 Å². The van der Waals surface area contributed by atoms with E-state index in [1.807, 2.05) is 11.3 Å². The van der Waals surface area contributed by atoms with Gasteiger partial charge < -0.3 is 19.3 Å². The Morgan fingerprint density at radius 1 is 0.393 bits per heavy atom. The monoisotopic (exact) mass is 1170 g/mol. The zero-order valence-electron chi connectivity index (χ0n) is 54.0. The molecular weight excluding hydrogens is 1100 g/mol. The minimum atomic E-state index is -0.0890. The number of aromatic nitrogens is 1. The number of hydrogen-bond acceptors (Lipinski definition) is 4. The summed E-state index contributed by atoms with van der Waals surface area (Å²) in [5, 5.41) is 5.12. The highest BCUT2D eigenvalue weighted by atomic mass is 32.1. The molecule has 13 aromatic rings. The van der Waals surface area contributed by atoms with Crippen LogP contribution in [0, 0.1) is 34.6 Å². The second kappa shape index (κ2) is 20.5. The largest absolute Gasteiger partial charge is 0.311 e. The van der Waals surface area contributed by atoms with E-state index in [0.717, 1.165) is 22.7 Å². The van der Waals surface area contributed by atoms with Crippen molar-refractivity contribution in [2.45, 2.75) is 113 Å². The number of benzene rings is 11. The van der Waals surface area contributed by atoms with Crippen molar-refractivity contribution in [1.29, 1.82) is 0 Å². The molecule has 89 heavy (non-hydrogen) atoms. The number of aryl methyl sites for hydroxylation is 5. The van der Waals surface area contributed by atoms with Crippen molar-refractivity contribution in [3.05, 3.63) is 257 Å². The lowest BCUT2D eigenvalue weighted by Gasteiger charge is -2.45. The van der Waals surface area contributed by atoms with E-state index in [-0.39, 0.29) is 23.0 Å². The van der Waals surface area contributed by atoms with Gasteiger partial charge in [-0.2, -0.15) is 0 Å². The Kier molecular flexibility index (Phi) is 13.0. The van der Waals surface area contributed by atoms with Gasteiger partial charge in [0.1, 0.15) is 0 Å². The summed E-state index contributed by atoms with van der Waals surface area (Å²) >= 11 is 1.90. The summed E-state index contributed by atoms with van der Waals surface area (Å²) in [5.41, 5.74) is 30.6. The fraction of sp³-hybridized carbons (Fsp3) is 0.205. The predicted octanol–water partition coefficient (Wildman–Crippen LogP) is 21.8. The maximum absolute atomic E-state index is 2.65. The Balaban J connectivity index is 0.981. The van der Waals surface area contributed by atoms with Crippen molar-refractivity contribution in [2.24, 2.45) is 0 Å². The molecule has 4 nitrogen and oxygen atoms in total. The first kappa shape index (κ1) is 56.4. The van der Waals surface area contributed by atoms with E-state index in [9.17, 15) is 0 Å². The number of hydrogen-bond donors (Lipinski definition) is 0. The SMILES string of the molecule is Cc1cc2c3c(c1)N(c1c(C)cc(-c4cccc5c4sc4ccccc45)cc1C)c1cc(C(C)(C)C)ccc1B3c1ccc(N(c3ccc4c5ccccc5n(-c5ccccc5)c4c3)c3c(C)cc(C(C)(C)C)cc3C)cc1N2c1ccc(C(C)(C)C)cc1. The summed E-state index contributed by atoms with van der Waals surface area (Å²) < 4.78 is 5.11. The second-order valence-corrected chi connectivity index (χ2v) is 29.6. The minimum Gasteiger partial charge on any atom is -0.311 e. The lowest BCUT2D eigenvalue weighted by atomic mass is 9.33. The van der Waals surface area contributed by atoms with E-state index in [2.05, 4.69) is 329 Å². The van der Waals surface area contributed by atoms with Gasteiger partial charge in [0.05, 0.1) is 22.4 Å². The Bertz CT molecular complexity index is 4990. The maximum Gasteiger partial charge on any atom is 0.252 e. The number of nitrogens with zero attached hydrogens (tertiary/aromatic N) is 4. The van der Waals surface area contributed by atoms with Crippen molar-refractivity contribution in [2.75, 3.05) is 14.7 Å². The Morgan fingerprint density at radius 2 is 0.955 bits per heavy atom. The van der Waals surface area contributed by atoms with Gasteiger partial charge in [0, 0.05) is 76.4 Å². The number of anilines is 9. The van der Waals surface area contributed by atoms with Crippen LogP contribution in [0.15, 0.2) is 212 Å². The standard InChI is InChI=1S/C83H77BN4S/c1-50-41-74-77-75(42-50)88(79-51(2)43-55(44-52(79)3)63-27-22-28-67-66-26-19-21-30-76(66)89-80(63)67)72-47-57(82(9,10)11)33-39-68(72)84(77)69-40-37-62(49-73(69)87(74)60-34-31-56(32-35-60)81(6,7)8)85(78-53(4)45-58(46-54(78)5)83(12,13)14)61-36-38-65-64-25-18-20-29-70(64)86(71(65)48-61)59-23-16-15-17-24-59/h15-49H,1-14H3. The zero-order chi connectivity index (χ0) is 61.7. The third-order valence-corrected chi connectivity index (χ3v) is 20.5. The molecule has 2 aliphatic heterocycles.